The van der Waals surface area contributed by atoms with E-state index in [1.165, 1.54) is 30.3 Å². The predicted octanol–water partition coefficient (Wildman–Crippen LogP) is 6.56. The topological polar surface area (TPSA) is 150 Å². The normalized spacial score (nSPS) is 26.8. The first-order valence-electron chi connectivity index (χ1n) is 16.6. The van der Waals surface area contributed by atoms with Crippen LogP contribution >= 0.6 is 15.9 Å². The van der Waals surface area contributed by atoms with Gasteiger partial charge in [0.15, 0.2) is 0 Å². The van der Waals surface area contributed by atoms with E-state index < -0.39 is 63.6 Å². The molecule has 11 nitrogen and oxygen atoms in total. The van der Waals surface area contributed by atoms with Gasteiger partial charge in [-0.25, -0.2) is 4.90 Å². The number of non-ortho nitro benzene ring substituents is 1. The van der Waals surface area contributed by atoms with E-state index in [0.29, 0.717) is 26.9 Å². The number of hydrogen-bond acceptors (Lipinski definition) is 8. The molecular weight excluding hydrogens is 716 g/mol. The summed E-state index contributed by atoms with van der Waals surface area (Å²) in [7, 11) is 0. The summed E-state index contributed by atoms with van der Waals surface area (Å²) < 4.78 is 0.641. The molecule has 2 heterocycles. The number of nitrogens with one attached hydrogen (secondary N) is 1. The Labute approximate surface area is 300 Å². The summed E-state index contributed by atoms with van der Waals surface area (Å²) >= 11 is 3.54. The summed E-state index contributed by atoms with van der Waals surface area (Å²) in [6.45, 7) is 1.93. The van der Waals surface area contributed by atoms with Gasteiger partial charge in [-0.2, -0.15) is 5.01 Å². The lowest BCUT2D eigenvalue weighted by atomic mass is 9.49. The molecule has 2 aliphatic carbocycles. The lowest BCUT2D eigenvalue weighted by Gasteiger charge is -2.50. The van der Waals surface area contributed by atoms with Crippen molar-refractivity contribution >= 4 is 56.6 Å². The zero-order valence-electron chi connectivity index (χ0n) is 27.2. The number of rotatable bonds is 6. The number of anilines is 2. The number of hydrogen-bond donors (Lipinski definition) is 2. The number of carbonyl (C=O) groups is 4. The van der Waals surface area contributed by atoms with E-state index in [9.17, 15) is 29.6 Å². The second-order valence-electron chi connectivity index (χ2n) is 13.6. The Morgan fingerprint density at radius 2 is 1.63 bits per heavy atom. The van der Waals surface area contributed by atoms with Crippen LogP contribution in [0.2, 0.25) is 0 Å². The number of imide groups is 2. The van der Waals surface area contributed by atoms with Crippen LogP contribution in [0.5, 0.6) is 5.75 Å². The first-order chi connectivity index (χ1) is 24.5. The van der Waals surface area contributed by atoms with Crippen LogP contribution < -0.4 is 10.3 Å². The molecule has 8 rings (SSSR count). The van der Waals surface area contributed by atoms with Crippen molar-refractivity contribution in [1.82, 2.24) is 5.01 Å². The van der Waals surface area contributed by atoms with Crippen LogP contribution in [0.3, 0.4) is 0 Å². The molecule has 51 heavy (non-hydrogen) atoms. The molecule has 1 saturated carbocycles. The summed E-state index contributed by atoms with van der Waals surface area (Å²) in [4.78, 5) is 70.4. The van der Waals surface area contributed by atoms with Crippen molar-refractivity contribution in [3.8, 4) is 5.75 Å². The Morgan fingerprint density at radius 3 is 2.35 bits per heavy atom. The zero-order chi connectivity index (χ0) is 35.8. The molecule has 2 N–H and O–H groups in total. The molecule has 4 aromatic carbocycles. The highest BCUT2D eigenvalue weighted by Gasteiger charge is 2.70. The third-order valence-electron chi connectivity index (χ3n) is 11.0. The fraction of sp³-hybridized carbons (Fsp3) is 0.231. The number of nitro groups is 1. The third kappa shape index (κ3) is 4.84. The molecule has 4 amide bonds. The fourth-order valence-corrected chi connectivity index (χ4v) is 9.23. The van der Waals surface area contributed by atoms with Crippen molar-refractivity contribution < 1.29 is 29.2 Å². The molecule has 256 valence electrons. The average Bonchev–Trinajstić information content (AvgIpc) is 3.51. The number of halogens is 1. The number of nitrogens with zero attached hydrogens (tertiary/aromatic N) is 3. The van der Waals surface area contributed by atoms with Gasteiger partial charge in [0, 0.05) is 28.1 Å². The highest BCUT2D eigenvalue weighted by molar-refractivity contribution is 9.10. The quantitative estimate of drug-likeness (QED) is 0.0975. The second-order valence-corrected chi connectivity index (χ2v) is 14.5. The van der Waals surface area contributed by atoms with E-state index in [2.05, 4.69) is 21.4 Å². The van der Waals surface area contributed by atoms with Crippen LogP contribution in [0.15, 0.2) is 113 Å². The maximum Gasteiger partial charge on any atom is 0.271 e. The first kappa shape index (κ1) is 32.6. The van der Waals surface area contributed by atoms with Crippen molar-refractivity contribution in [3.05, 3.63) is 140 Å². The van der Waals surface area contributed by atoms with Crippen molar-refractivity contribution in [2.75, 3.05) is 10.3 Å². The lowest BCUT2D eigenvalue weighted by Crippen LogP contribution is -2.53. The molecule has 0 radical (unpaired) electrons. The van der Waals surface area contributed by atoms with Gasteiger partial charge < -0.3 is 5.11 Å². The molecule has 2 aliphatic heterocycles. The molecule has 0 bridgehead atoms. The average molecular weight is 748 g/mol. The standard InChI is InChI=1S/C39H31BrN4O7/c1-21-10-13-24(14-11-21)41-43-36(47)31-20-29-27(15-16-28-33(29)37(48)42(35(28)46)25-8-5-9-26(19-25)44(50)51)34(30-18-23(40)12-17-32(30)45)39(31,38(43)49)22-6-3-2-4-7-22/h2-15,17-19,28-29,31,33-34,41,45H,16,20H2,1H3. The fourth-order valence-electron chi connectivity index (χ4n) is 8.85. The number of phenolic OH excluding ortho intramolecular Hbond substituents is 1. The number of aromatic hydroxyl groups is 1. The summed E-state index contributed by atoms with van der Waals surface area (Å²) in [6.07, 6.45) is 2.14. The Balaban J connectivity index is 1.31. The van der Waals surface area contributed by atoms with Crippen molar-refractivity contribution in [1.29, 1.82) is 0 Å². The number of aryl methyl sites for hydroxylation is 1. The maximum absolute atomic E-state index is 15.2. The summed E-state index contributed by atoms with van der Waals surface area (Å²) in [5.74, 6) is -6.30. The second kappa shape index (κ2) is 12.0. The number of carbonyl (C=O) groups excluding carboxylic acids is 4. The molecule has 0 spiro atoms. The number of nitro benzene ring substituents is 1. The van der Waals surface area contributed by atoms with Gasteiger partial charge in [-0.05, 0) is 67.6 Å². The monoisotopic (exact) mass is 746 g/mol. The SMILES string of the molecule is Cc1ccc(NN2C(=O)C3CC4C(=CCC5C(=O)N(c6cccc([N+](=O)[O-])c6)C(=O)C54)C(c4cc(Br)ccc4O)C3(c3ccccc3)C2=O)cc1. The molecule has 3 fully saturated rings. The molecule has 4 aliphatic rings. The van der Waals surface area contributed by atoms with E-state index >= 15 is 4.79 Å². The van der Waals surface area contributed by atoms with Crippen molar-refractivity contribution in [3.63, 3.8) is 0 Å². The Morgan fingerprint density at radius 1 is 0.882 bits per heavy atom. The third-order valence-corrected chi connectivity index (χ3v) is 11.5. The van der Waals surface area contributed by atoms with Crippen LogP contribution in [-0.2, 0) is 24.6 Å². The zero-order valence-corrected chi connectivity index (χ0v) is 28.8. The van der Waals surface area contributed by atoms with Gasteiger partial charge in [-0.1, -0.05) is 81.7 Å². The Hall–Kier alpha value is -5.62. The van der Waals surface area contributed by atoms with Gasteiger partial charge in [0.2, 0.25) is 11.8 Å². The molecule has 6 atom stereocenters. The minimum absolute atomic E-state index is 0.0750. The smallest absolute Gasteiger partial charge is 0.271 e. The molecule has 2 saturated heterocycles. The molecular formula is C39H31BrN4O7. The number of allylic oxidation sites excluding steroid dienone is 2. The predicted molar refractivity (Wildman–Crippen MR) is 190 cm³/mol. The van der Waals surface area contributed by atoms with Crippen LogP contribution in [0.4, 0.5) is 17.1 Å². The number of amides is 4. The largest absolute Gasteiger partial charge is 0.508 e. The number of benzene rings is 4. The minimum Gasteiger partial charge on any atom is -0.508 e. The highest BCUT2D eigenvalue weighted by atomic mass is 79.9. The molecule has 0 aromatic heterocycles. The van der Waals surface area contributed by atoms with Crippen molar-refractivity contribution in [2.24, 2.45) is 23.7 Å². The van der Waals surface area contributed by atoms with E-state index in [0.717, 1.165) is 15.5 Å². The van der Waals surface area contributed by atoms with E-state index in [1.807, 2.05) is 43.3 Å². The number of phenols is 1. The summed E-state index contributed by atoms with van der Waals surface area (Å²) in [5.41, 5.74) is 4.58. The molecule has 6 unspecified atom stereocenters. The van der Waals surface area contributed by atoms with Crippen LogP contribution in [0.25, 0.3) is 0 Å². The Kier molecular flexibility index (Phi) is 7.67. The summed E-state index contributed by atoms with van der Waals surface area (Å²) in [6, 6.07) is 26.7. The summed E-state index contributed by atoms with van der Waals surface area (Å²) in [5, 5.41) is 24.2. The van der Waals surface area contributed by atoms with Crippen LogP contribution in [-0.4, -0.2) is 38.7 Å². The van der Waals surface area contributed by atoms with Crippen LogP contribution in [0, 0.1) is 40.7 Å². The minimum atomic E-state index is -1.53. The lowest BCUT2D eigenvalue weighted by molar-refractivity contribution is -0.384. The van der Waals surface area contributed by atoms with E-state index in [1.54, 1.807) is 36.4 Å². The first-order valence-corrected chi connectivity index (χ1v) is 17.4. The highest BCUT2D eigenvalue weighted by Crippen LogP contribution is 2.65. The van der Waals surface area contributed by atoms with Gasteiger partial charge in [-0.3, -0.25) is 34.7 Å². The van der Waals surface area contributed by atoms with Crippen LogP contribution in [0.1, 0.15) is 35.4 Å². The van der Waals surface area contributed by atoms with Gasteiger partial charge in [0.05, 0.1) is 39.5 Å². The maximum atomic E-state index is 15.2. The molecule has 4 aromatic rings. The molecule has 12 heteroatoms. The van der Waals surface area contributed by atoms with E-state index in [-0.39, 0.29) is 30.0 Å². The van der Waals surface area contributed by atoms with Crippen molar-refractivity contribution in [2.45, 2.75) is 31.1 Å². The number of fused-ring (bicyclic) bond motifs is 4. The van der Waals surface area contributed by atoms with E-state index in [4.69, 9.17) is 0 Å². The van der Waals surface area contributed by atoms with Gasteiger partial charge in [-0.15, -0.1) is 0 Å². The van der Waals surface area contributed by atoms with Gasteiger partial charge >= 0.3 is 0 Å². The van der Waals surface area contributed by atoms with Gasteiger partial charge in [0.1, 0.15) is 5.75 Å². The van der Waals surface area contributed by atoms with Gasteiger partial charge in [0.25, 0.3) is 17.5 Å². The Bertz CT molecular complexity index is 2190. The number of hydrazine groups is 1.